The second-order valence-electron chi connectivity index (χ2n) is 5.81. The summed E-state index contributed by atoms with van der Waals surface area (Å²) in [6.07, 6.45) is 10.1. The summed E-state index contributed by atoms with van der Waals surface area (Å²) in [4.78, 5) is 19.5. The molecule has 0 aromatic heterocycles. The average molecular weight is 426 g/mol. The molecule has 0 saturated carbocycles. The number of rotatable bonds is 12. The fourth-order valence-corrected chi connectivity index (χ4v) is 1.35. The Labute approximate surface area is 181 Å². The molecule has 0 bridgehead atoms. The van der Waals surface area contributed by atoms with Crippen molar-refractivity contribution >= 4 is 11.9 Å². The van der Waals surface area contributed by atoms with Gasteiger partial charge in [0.25, 0.3) is 0 Å². The van der Waals surface area contributed by atoms with Crippen molar-refractivity contribution in [2.45, 2.75) is 105 Å². The smallest absolute Gasteiger partial charge is 0.550 e. The van der Waals surface area contributed by atoms with Crippen LogP contribution in [0, 0.1) is 0 Å². The molecule has 2 N–H and O–H groups in total. The molecule has 0 saturated heterocycles. The van der Waals surface area contributed by atoms with E-state index >= 15 is 0 Å². The summed E-state index contributed by atoms with van der Waals surface area (Å²) in [5, 5.41) is 35.7. The largest absolute Gasteiger partial charge is 2.00 e. The first-order valence-corrected chi connectivity index (χ1v) is 9.98. The van der Waals surface area contributed by atoms with Gasteiger partial charge in [0.2, 0.25) is 0 Å². The van der Waals surface area contributed by atoms with Crippen LogP contribution in [-0.2, 0) is 31.3 Å². The number of carboxylic acids is 2. The van der Waals surface area contributed by atoms with Crippen LogP contribution in [0.15, 0.2) is 0 Å². The molecule has 0 spiro atoms. The molecule has 6 nitrogen and oxygen atoms in total. The number of aliphatic hydroxyl groups excluding tert-OH is 2. The van der Waals surface area contributed by atoms with E-state index in [9.17, 15) is 19.8 Å². The van der Waals surface area contributed by atoms with Gasteiger partial charge < -0.3 is 30.0 Å². The normalized spacial score (nSPS) is 8.52. The van der Waals surface area contributed by atoms with Gasteiger partial charge >= 0.3 is 21.7 Å². The quantitative estimate of drug-likeness (QED) is 0.365. The number of aliphatic carboxylic acids is 2. The zero-order chi connectivity index (χ0) is 21.1. The van der Waals surface area contributed by atoms with Crippen LogP contribution >= 0.6 is 0 Å². The SMILES string of the molecule is CCCCCC(=O)[O-].CCCCCC(=O)[O-].CCCCO.CCCCO.[Ti+2]. The van der Waals surface area contributed by atoms with Gasteiger partial charge in [0.05, 0.1) is 0 Å². The Kier molecular flexibility index (Phi) is 55.7. The molecular weight excluding hydrogens is 384 g/mol. The van der Waals surface area contributed by atoms with E-state index in [2.05, 4.69) is 13.8 Å². The van der Waals surface area contributed by atoms with Gasteiger partial charge in [-0.25, -0.2) is 0 Å². The van der Waals surface area contributed by atoms with Crippen LogP contribution < -0.4 is 10.2 Å². The Morgan fingerprint density at radius 3 is 0.963 bits per heavy atom. The van der Waals surface area contributed by atoms with Crippen molar-refractivity contribution in [3.05, 3.63) is 0 Å². The van der Waals surface area contributed by atoms with E-state index in [1.807, 2.05) is 13.8 Å². The van der Waals surface area contributed by atoms with Gasteiger partial charge in [-0.05, 0) is 38.5 Å². The first-order valence-electron chi connectivity index (χ1n) is 9.98. The monoisotopic (exact) mass is 426 g/mol. The van der Waals surface area contributed by atoms with E-state index in [0.717, 1.165) is 64.2 Å². The number of aliphatic hydroxyl groups is 2. The fourth-order valence-electron chi connectivity index (χ4n) is 1.35. The number of carbonyl (C=O) groups is 2. The Hall–Kier alpha value is -0.426. The molecule has 162 valence electrons. The molecule has 0 unspecified atom stereocenters. The van der Waals surface area contributed by atoms with Crippen LogP contribution in [0.4, 0.5) is 0 Å². The molecule has 0 aliphatic carbocycles. The van der Waals surface area contributed by atoms with E-state index in [1.165, 1.54) is 0 Å². The third-order valence-corrected chi connectivity index (χ3v) is 2.99. The van der Waals surface area contributed by atoms with Crippen molar-refractivity contribution in [2.24, 2.45) is 0 Å². The molecule has 0 heterocycles. The molecule has 27 heavy (non-hydrogen) atoms. The van der Waals surface area contributed by atoms with Crippen LogP contribution in [0.2, 0.25) is 0 Å². The molecule has 0 aromatic rings. The third kappa shape index (κ3) is 77.1. The maximum Gasteiger partial charge on any atom is 2.00 e. The summed E-state index contributed by atoms with van der Waals surface area (Å²) in [6.45, 7) is 8.87. The van der Waals surface area contributed by atoms with E-state index in [0.29, 0.717) is 13.2 Å². The number of hydrogen-bond acceptors (Lipinski definition) is 6. The van der Waals surface area contributed by atoms with Crippen LogP contribution in [0.1, 0.15) is 105 Å². The molecule has 7 heteroatoms. The van der Waals surface area contributed by atoms with Gasteiger partial charge in [0, 0.05) is 25.2 Å². The second-order valence-corrected chi connectivity index (χ2v) is 5.81. The van der Waals surface area contributed by atoms with Gasteiger partial charge in [-0.2, -0.15) is 0 Å². The first-order chi connectivity index (χ1) is 12.4. The minimum absolute atomic E-state index is 0. The molecule has 0 amide bonds. The van der Waals surface area contributed by atoms with Gasteiger partial charge in [-0.15, -0.1) is 0 Å². The van der Waals surface area contributed by atoms with Crippen molar-refractivity contribution in [1.82, 2.24) is 0 Å². The molecule has 0 atom stereocenters. The maximum absolute atomic E-state index is 9.76. The van der Waals surface area contributed by atoms with Gasteiger partial charge in [0.15, 0.2) is 0 Å². The number of hydrogen-bond donors (Lipinski definition) is 2. The molecule has 0 rings (SSSR count). The minimum atomic E-state index is -0.932. The van der Waals surface area contributed by atoms with Gasteiger partial charge in [-0.3, -0.25) is 0 Å². The Morgan fingerprint density at radius 1 is 0.593 bits per heavy atom. The average Bonchev–Trinajstić information content (AvgIpc) is 2.58. The summed E-state index contributed by atoms with van der Waals surface area (Å²) in [5.74, 6) is -1.86. The van der Waals surface area contributed by atoms with E-state index < -0.39 is 11.9 Å². The van der Waals surface area contributed by atoms with Crippen molar-refractivity contribution < 1.29 is 51.7 Å². The van der Waals surface area contributed by atoms with E-state index in [-0.39, 0.29) is 34.6 Å². The van der Waals surface area contributed by atoms with Crippen molar-refractivity contribution in [3.63, 3.8) is 0 Å². The molecule has 0 aliphatic heterocycles. The van der Waals surface area contributed by atoms with E-state index in [1.54, 1.807) is 0 Å². The number of carboxylic acid groups (broad SMARTS) is 2. The predicted molar refractivity (Wildman–Crippen MR) is 102 cm³/mol. The molecule has 0 radical (unpaired) electrons. The maximum atomic E-state index is 9.76. The van der Waals surface area contributed by atoms with Crippen molar-refractivity contribution in [2.75, 3.05) is 13.2 Å². The van der Waals surface area contributed by atoms with Crippen LogP contribution in [0.3, 0.4) is 0 Å². The summed E-state index contributed by atoms with van der Waals surface area (Å²) < 4.78 is 0. The molecule has 0 fully saturated rings. The fraction of sp³-hybridized carbons (Fsp3) is 0.900. The summed E-state index contributed by atoms with van der Waals surface area (Å²) in [7, 11) is 0. The first kappa shape index (κ1) is 37.3. The minimum Gasteiger partial charge on any atom is -0.550 e. The summed E-state index contributed by atoms with van der Waals surface area (Å²) >= 11 is 0. The number of carbonyl (C=O) groups excluding carboxylic acids is 2. The zero-order valence-electron chi connectivity index (χ0n) is 17.9. The van der Waals surface area contributed by atoms with Crippen LogP contribution in [0.5, 0.6) is 0 Å². The Bertz CT molecular complexity index is 233. The van der Waals surface area contributed by atoms with Crippen LogP contribution in [0.25, 0.3) is 0 Å². The molecular formula is C20H42O6Ti. The molecule has 0 aromatic carbocycles. The summed E-state index contributed by atoms with van der Waals surface area (Å²) in [5.41, 5.74) is 0. The van der Waals surface area contributed by atoms with Crippen molar-refractivity contribution in [1.29, 1.82) is 0 Å². The third-order valence-electron chi connectivity index (χ3n) is 2.99. The Morgan fingerprint density at radius 2 is 0.852 bits per heavy atom. The standard InChI is InChI=1S/2C6H12O2.2C4H10O.Ti/c2*1-2-3-4-5-6(7)8;2*1-2-3-4-5;/h2*2-5H2,1H3,(H,7,8);2*5H,2-4H2,1H3;/q;;;;+2/p-2. The predicted octanol–water partition coefficient (Wildman–Crippen LogP) is 2.19. The second kappa shape index (κ2) is 40.3. The topological polar surface area (TPSA) is 121 Å². The van der Waals surface area contributed by atoms with E-state index in [4.69, 9.17) is 10.2 Å². The van der Waals surface area contributed by atoms with Gasteiger partial charge in [0.1, 0.15) is 0 Å². The number of unbranched alkanes of at least 4 members (excludes halogenated alkanes) is 6. The van der Waals surface area contributed by atoms with Gasteiger partial charge in [-0.1, -0.05) is 66.2 Å². The zero-order valence-corrected chi connectivity index (χ0v) is 19.5. The van der Waals surface area contributed by atoms with Crippen molar-refractivity contribution in [3.8, 4) is 0 Å². The Balaban J connectivity index is -0.0000000807. The molecule has 0 aliphatic rings. The summed E-state index contributed by atoms with van der Waals surface area (Å²) in [6, 6.07) is 0. The van der Waals surface area contributed by atoms with Crippen LogP contribution in [-0.4, -0.2) is 35.4 Å².